The number of carbonyl (C=O) groups is 2. The van der Waals surface area contributed by atoms with E-state index in [1.807, 2.05) is 48.0 Å². The topological polar surface area (TPSA) is 61.2 Å². The maximum absolute atomic E-state index is 12.5. The van der Waals surface area contributed by atoms with Gasteiger partial charge in [0.25, 0.3) is 0 Å². The summed E-state index contributed by atoms with van der Waals surface area (Å²) in [4.78, 5) is 25.8. The Morgan fingerprint density at radius 2 is 2.08 bits per heavy atom. The Labute approximate surface area is 149 Å². The number of hydrogen-bond donors (Lipinski definition) is 0. The zero-order valence-electron chi connectivity index (χ0n) is 13.9. The second kappa shape index (κ2) is 6.44. The first-order valence-electron chi connectivity index (χ1n) is 8.42. The van der Waals surface area contributed by atoms with Gasteiger partial charge in [-0.25, -0.2) is 9.48 Å². The van der Waals surface area contributed by atoms with E-state index in [0.29, 0.717) is 17.7 Å². The Balaban J connectivity index is 1.65. The van der Waals surface area contributed by atoms with Crippen molar-refractivity contribution < 1.29 is 14.3 Å². The number of thiophene rings is 1. The lowest BCUT2D eigenvalue weighted by atomic mass is 9.96. The van der Waals surface area contributed by atoms with E-state index in [-0.39, 0.29) is 5.78 Å². The van der Waals surface area contributed by atoms with Gasteiger partial charge in [-0.05, 0) is 44.4 Å². The van der Waals surface area contributed by atoms with Crippen LogP contribution >= 0.6 is 11.3 Å². The van der Waals surface area contributed by atoms with Crippen LogP contribution in [-0.2, 0) is 9.53 Å². The summed E-state index contributed by atoms with van der Waals surface area (Å²) in [6.07, 6.45) is 2.37. The van der Waals surface area contributed by atoms with Crippen molar-refractivity contribution in [1.82, 2.24) is 9.78 Å². The third-order valence-corrected chi connectivity index (χ3v) is 5.59. The molecule has 0 N–H and O–H groups in total. The van der Waals surface area contributed by atoms with Crippen LogP contribution in [0, 0.1) is 6.92 Å². The van der Waals surface area contributed by atoms with Crippen LogP contribution in [0.1, 0.15) is 41.0 Å². The molecule has 2 aromatic heterocycles. The Kier molecular flexibility index (Phi) is 4.13. The molecular formula is C19H18N2O3S. The monoisotopic (exact) mass is 354 g/mol. The molecule has 3 aromatic rings. The van der Waals surface area contributed by atoms with Crippen LogP contribution in [0.2, 0.25) is 0 Å². The van der Waals surface area contributed by atoms with Gasteiger partial charge in [0.1, 0.15) is 9.71 Å². The fourth-order valence-electron chi connectivity index (χ4n) is 3.15. The molecule has 0 radical (unpaired) electrons. The van der Waals surface area contributed by atoms with Crippen molar-refractivity contribution in [2.24, 2.45) is 0 Å². The summed E-state index contributed by atoms with van der Waals surface area (Å²) in [6.45, 7) is 1.92. The van der Waals surface area contributed by atoms with E-state index in [1.165, 1.54) is 11.3 Å². The standard InChI is InChI=1S/C19H18N2O3S/c1-12-14-11-17(19(23)24-16-10-6-5-9-15(16)22)25-18(14)21(20-12)13-7-3-2-4-8-13/h2-4,7-8,11,16H,5-6,9-10H2,1H3/t16-/m1/s1. The normalized spacial score (nSPS) is 17.8. The third kappa shape index (κ3) is 2.98. The van der Waals surface area contributed by atoms with Crippen LogP contribution in [0.3, 0.4) is 0 Å². The highest BCUT2D eigenvalue weighted by Gasteiger charge is 2.27. The summed E-state index contributed by atoms with van der Waals surface area (Å²) in [5.41, 5.74) is 1.81. The molecule has 1 aliphatic carbocycles. The minimum atomic E-state index is -0.585. The minimum Gasteiger partial charge on any atom is -0.450 e. The highest BCUT2D eigenvalue weighted by atomic mass is 32.1. The first-order valence-corrected chi connectivity index (χ1v) is 9.23. The minimum absolute atomic E-state index is 0.0346. The van der Waals surface area contributed by atoms with Crippen molar-refractivity contribution in [3.05, 3.63) is 47.0 Å². The number of Topliss-reactive ketones (excluding diaryl/α,β-unsaturated/α-hetero) is 1. The molecule has 2 heterocycles. The number of ether oxygens (including phenoxy) is 1. The molecule has 0 saturated heterocycles. The van der Waals surface area contributed by atoms with Crippen molar-refractivity contribution in [2.45, 2.75) is 38.7 Å². The number of para-hydroxylation sites is 1. The van der Waals surface area contributed by atoms with Gasteiger partial charge >= 0.3 is 5.97 Å². The van der Waals surface area contributed by atoms with E-state index in [0.717, 1.165) is 34.4 Å². The van der Waals surface area contributed by atoms with Gasteiger partial charge < -0.3 is 4.74 Å². The molecule has 1 fully saturated rings. The first-order chi connectivity index (χ1) is 12.1. The summed E-state index contributed by atoms with van der Waals surface area (Å²) < 4.78 is 7.31. The second-order valence-electron chi connectivity index (χ2n) is 6.27. The molecule has 0 aliphatic heterocycles. The van der Waals surface area contributed by atoms with E-state index in [2.05, 4.69) is 5.10 Å². The third-order valence-electron chi connectivity index (χ3n) is 4.49. The smallest absolute Gasteiger partial charge is 0.349 e. The lowest BCUT2D eigenvalue weighted by Crippen LogP contribution is -2.29. The van der Waals surface area contributed by atoms with Gasteiger partial charge in [-0.15, -0.1) is 11.3 Å². The van der Waals surface area contributed by atoms with Gasteiger partial charge in [0.2, 0.25) is 0 Å². The number of esters is 1. The van der Waals surface area contributed by atoms with Crippen LogP contribution in [0.4, 0.5) is 0 Å². The van der Waals surface area contributed by atoms with Crippen molar-refractivity contribution >= 4 is 33.3 Å². The molecule has 6 heteroatoms. The van der Waals surface area contributed by atoms with Gasteiger partial charge in [-0.2, -0.15) is 5.10 Å². The van der Waals surface area contributed by atoms with Gasteiger partial charge in [-0.1, -0.05) is 18.2 Å². The average molecular weight is 354 g/mol. The van der Waals surface area contributed by atoms with Crippen LogP contribution in [0.15, 0.2) is 36.4 Å². The number of fused-ring (bicyclic) bond motifs is 1. The lowest BCUT2D eigenvalue weighted by Gasteiger charge is -2.20. The fourth-order valence-corrected chi connectivity index (χ4v) is 4.22. The molecule has 1 atom stereocenters. The number of aryl methyl sites for hydroxylation is 1. The largest absolute Gasteiger partial charge is 0.450 e. The Morgan fingerprint density at radius 3 is 2.84 bits per heavy atom. The molecule has 0 unspecified atom stereocenters. The van der Waals surface area contributed by atoms with Crippen molar-refractivity contribution in [2.75, 3.05) is 0 Å². The highest BCUT2D eigenvalue weighted by Crippen LogP contribution is 2.31. The van der Waals surface area contributed by atoms with Gasteiger partial charge in [0.05, 0.1) is 11.4 Å². The quantitative estimate of drug-likeness (QED) is 0.665. The molecule has 0 amide bonds. The summed E-state index contributed by atoms with van der Waals surface area (Å²) >= 11 is 1.35. The van der Waals surface area contributed by atoms with Gasteiger partial charge in [0, 0.05) is 11.8 Å². The number of hydrogen-bond acceptors (Lipinski definition) is 5. The average Bonchev–Trinajstić information content (AvgIpc) is 3.19. The Hall–Kier alpha value is -2.47. The number of nitrogens with zero attached hydrogens (tertiary/aromatic N) is 2. The molecule has 128 valence electrons. The number of ketones is 1. The summed E-state index contributed by atoms with van der Waals surface area (Å²) in [6, 6.07) is 11.6. The maximum Gasteiger partial charge on any atom is 0.349 e. The van der Waals surface area contributed by atoms with Crippen LogP contribution in [-0.4, -0.2) is 27.6 Å². The van der Waals surface area contributed by atoms with E-state index >= 15 is 0 Å². The van der Waals surface area contributed by atoms with Crippen LogP contribution in [0.5, 0.6) is 0 Å². The SMILES string of the molecule is Cc1nn(-c2ccccc2)c2sc(C(=O)O[C@@H]3CCCCC3=O)cc12. The number of rotatable bonds is 3. The predicted octanol–water partition coefficient (Wildman–Crippen LogP) is 4.06. The molecule has 0 bridgehead atoms. The van der Waals surface area contributed by atoms with Gasteiger partial charge in [-0.3, -0.25) is 4.79 Å². The maximum atomic E-state index is 12.5. The number of carbonyl (C=O) groups excluding carboxylic acids is 2. The van der Waals surface area contributed by atoms with E-state index < -0.39 is 12.1 Å². The van der Waals surface area contributed by atoms with Crippen LogP contribution < -0.4 is 0 Å². The van der Waals surface area contributed by atoms with E-state index in [1.54, 1.807) is 0 Å². The molecule has 4 rings (SSSR count). The van der Waals surface area contributed by atoms with Crippen LogP contribution in [0.25, 0.3) is 15.9 Å². The van der Waals surface area contributed by atoms with Crippen molar-refractivity contribution in [3.63, 3.8) is 0 Å². The zero-order chi connectivity index (χ0) is 17.4. The van der Waals surface area contributed by atoms with Crippen molar-refractivity contribution in [3.8, 4) is 5.69 Å². The fraction of sp³-hybridized carbons (Fsp3) is 0.316. The van der Waals surface area contributed by atoms with E-state index in [4.69, 9.17) is 4.74 Å². The molecule has 1 aromatic carbocycles. The lowest BCUT2D eigenvalue weighted by molar-refractivity contribution is -0.129. The first kappa shape index (κ1) is 16.0. The van der Waals surface area contributed by atoms with Gasteiger partial charge in [0.15, 0.2) is 11.9 Å². The summed E-state index contributed by atoms with van der Waals surface area (Å²) in [7, 11) is 0. The second-order valence-corrected chi connectivity index (χ2v) is 7.30. The molecule has 1 saturated carbocycles. The highest BCUT2D eigenvalue weighted by molar-refractivity contribution is 7.20. The van der Waals surface area contributed by atoms with Crippen molar-refractivity contribution in [1.29, 1.82) is 0 Å². The Morgan fingerprint density at radius 1 is 1.28 bits per heavy atom. The number of aromatic nitrogens is 2. The molecule has 25 heavy (non-hydrogen) atoms. The van der Waals surface area contributed by atoms with E-state index in [9.17, 15) is 9.59 Å². The summed E-state index contributed by atoms with van der Waals surface area (Å²) in [5, 5.41) is 5.51. The Bertz CT molecular complexity index is 942. The predicted molar refractivity (Wildman–Crippen MR) is 96.4 cm³/mol. The molecule has 5 nitrogen and oxygen atoms in total. The molecular weight excluding hydrogens is 336 g/mol. The summed E-state index contributed by atoms with van der Waals surface area (Å²) in [5.74, 6) is -0.382. The molecule has 1 aliphatic rings. The molecule has 0 spiro atoms. The number of benzene rings is 1. The zero-order valence-corrected chi connectivity index (χ0v) is 14.7.